The van der Waals surface area contributed by atoms with Gasteiger partial charge in [0.25, 0.3) is 0 Å². The van der Waals surface area contributed by atoms with Crippen molar-refractivity contribution < 1.29 is 9.32 Å². The van der Waals surface area contributed by atoms with Crippen molar-refractivity contribution in [3.05, 3.63) is 34.6 Å². The zero-order chi connectivity index (χ0) is 15.9. The highest BCUT2D eigenvalue weighted by Crippen LogP contribution is 2.63. The molecule has 23 heavy (non-hydrogen) atoms. The topological polar surface area (TPSA) is 68.0 Å². The van der Waals surface area contributed by atoms with Crippen molar-refractivity contribution in [2.75, 3.05) is 6.54 Å². The van der Waals surface area contributed by atoms with E-state index in [-0.39, 0.29) is 5.91 Å². The molecule has 3 fully saturated rings. The van der Waals surface area contributed by atoms with Crippen LogP contribution in [0.1, 0.15) is 31.6 Å². The molecule has 2 bridgehead atoms. The molecule has 1 heterocycles. The second-order valence-corrected chi connectivity index (χ2v) is 7.69. The number of amides is 1. The maximum absolute atomic E-state index is 11.9. The molecule has 1 aromatic heterocycles. The highest BCUT2D eigenvalue weighted by molar-refractivity contribution is 9.10. The Hall–Kier alpha value is -1.69. The van der Waals surface area contributed by atoms with Crippen molar-refractivity contribution in [2.45, 2.75) is 32.1 Å². The van der Waals surface area contributed by atoms with Gasteiger partial charge in [-0.1, -0.05) is 33.2 Å². The van der Waals surface area contributed by atoms with E-state index in [4.69, 9.17) is 4.52 Å². The molecule has 5 rings (SSSR count). The zero-order valence-corrected chi connectivity index (χ0v) is 14.3. The molecule has 0 radical (unpaired) electrons. The number of rotatable bonds is 6. The Bertz CT molecular complexity index is 726. The molecule has 1 amide bonds. The first-order valence-corrected chi connectivity index (χ1v) is 8.76. The van der Waals surface area contributed by atoms with E-state index in [1.807, 2.05) is 24.3 Å². The monoisotopic (exact) mass is 375 g/mol. The van der Waals surface area contributed by atoms with Gasteiger partial charge >= 0.3 is 0 Å². The molecule has 6 heteroatoms. The number of carbonyl (C=O) groups excluding carboxylic acids is 1. The van der Waals surface area contributed by atoms with Crippen LogP contribution >= 0.6 is 15.9 Å². The van der Waals surface area contributed by atoms with Crippen molar-refractivity contribution in [1.29, 1.82) is 0 Å². The van der Waals surface area contributed by atoms with Crippen LogP contribution < -0.4 is 5.32 Å². The molecule has 2 aromatic rings. The van der Waals surface area contributed by atoms with Gasteiger partial charge in [0, 0.05) is 29.4 Å². The van der Waals surface area contributed by atoms with Crippen LogP contribution in [0, 0.1) is 11.3 Å². The van der Waals surface area contributed by atoms with Crippen LogP contribution in [-0.2, 0) is 11.2 Å². The molecule has 0 aliphatic heterocycles. The predicted molar refractivity (Wildman–Crippen MR) is 88.5 cm³/mol. The summed E-state index contributed by atoms with van der Waals surface area (Å²) in [6.07, 6.45) is 4.76. The number of halogens is 1. The minimum Gasteiger partial charge on any atom is -0.356 e. The second kappa shape index (κ2) is 5.74. The number of nitrogens with zero attached hydrogens (tertiary/aromatic N) is 2. The van der Waals surface area contributed by atoms with Crippen LogP contribution in [0.4, 0.5) is 0 Å². The van der Waals surface area contributed by atoms with Crippen molar-refractivity contribution in [3.8, 4) is 11.4 Å². The highest BCUT2D eigenvalue weighted by atomic mass is 79.9. The van der Waals surface area contributed by atoms with Crippen molar-refractivity contribution >= 4 is 21.8 Å². The first kappa shape index (κ1) is 14.9. The van der Waals surface area contributed by atoms with Gasteiger partial charge in [-0.25, -0.2) is 0 Å². The lowest BCUT2D eigenvalue weighted by atomic mass is 9.44. The van der Waals surface area contributed by atoms with Gasteiger partial charge in [-0.15, -0.1) is 0 Å². The normalized spacial score (nSPS) is 24.7. The third-order valence-electron chi connectivity index (χ3n) is 4.94. The fourth-order valence-electron chi connectivity index (χ4n) is 3.57. The summed E-state index contributed by atoms with van der Waals surface area (Å²) in [4.78, 5) is 16.3. The van der Waals surface area contributed by atoms with Gasteiger partial charge in [-0.3, -0.25) is 4.79 Å². The summed E-state index contributed by atoms with van der Waals surface area (Å²) in [5.74, 6) is 2.06. The van der Waals surface area contributed by atoms with Crippen LogP contribution in [0.15, 0.2) is 33.3 Å². The third kappa shape index (κ3) is 3.04. The quantitative estimate of drug-likeness (QED) is 0.840. The molecule has 3 saturated carbocycles. The van der Waals surface area contributed by atoms with E-state index in [1.165, 1.54) is 19.3 Å². The van der Waals surface area contributed by atoms with Crippen LogP contribution in [0.25, 0.3) is 11.4 Å². The molecular formula is C17H18BrN3O2. The molecule has 120 valence electrons. The lowest BCUT2D eigenvalue weighted by Crippen LogP contribution is -2.57. The van der Waals surface area contributed by atoms with Gasteiger partial charge in [0.1, 0.15) is 0 Å². The maximum atomic E-state index is 11.9. The second-order valence-electron chi connectivity index (χ2n) is 6.78. The number of hydrogen-bond acceptors (Lipinski definition) is 4. The minimum atomic E-state index is 0.0666. The number of carbonyl (C=O) groups is 1. The number of nitrogens with one attached hydrogen (secondary N) is 1. The molecule has 0 spiro atoms. The first-order valence-electron chi connectivity index (χ1n) is 7.97. The summed E-state index contributed by atoms with van der Waals surface area (Å²) in [5, 5.41) is 7.03. The Kier molecular flexibility index (Phi) is 3.71. The van der Waals surface area contributed by atoms with Crippen LogP contribution in [0.2, 0.25) is 0 Å². The Morgan fingerprint density at radius 3 is 2.91 bits per heavy atom. The van der Waals surface area contributed by atoms with Gasteiger partial charge in [-0.05, 0) is 42.7 Å². The summed E-state index contributed by atoms with van der Waals surface area (Å²) in [7, 11) is 0. The summed E-state index contributed by atoms with van der Waals surface area (Å²) in [5.41, 5.74) is 1.33. The number of benzene rings is 1. The SMILES string of the molecule is O=C(CCc1nc(-c2cccc(Br)c2)no1)NCC12CC(C1)C2. The number of aromatic nitrogens is 2. The van der Waals surface area contributed by atoms with E-state index in [0.717, 1.165) is 22.5 Å². The molecule has 3 aliphatic carbocycles. The average Bonchev–Trinajstić information content (AvgIpc) is 2.91. The average molecular weight is 376 g/mol. The summed E-state index contributed by atoms with van der Waals surface area (Å²) >= 11 is 3.42. The van der Waals surface area contributed by atoms with E-state index in [0.29, 0.717) is 30.0 Å². The van der Waals surface area contributed by atoms with Gasteiger partial charge < -0.3 is 9.84 Å². The lowest BCUT2D eigenvalue weighted by Gasteiger charge is -2.62. The number of hydrogen-bond donors (Lipinski definition) is 1. The third-order valence-corrected chi connectivity index (χ3v) is 5.44. The maximum Gasteiger partial charge on any atom is 0.227 e. The van der Waals surface area contributed by atoms with Gasteiger partial charge in [0.2, 0.25) is 17.6 Å². The Morgan fingerprint density at radius 2 is 2.22 bits per heavy atom. The van der Waals surface area contributed by atoms with Crippen LogP contribution in [0.5, 0.6) is 0 Å². The molecular weight excluding hydrogens is 358 g/mol. The molecule has 1 aromatic carbocycles. The molecule has 5 nitrogen and oxygen atoms in total. The van der Waals surface area contributed by atoms with E-state index >= 15 is 0 Å². The fourth-order valence-corrected chi connectivity index (χ4v) is 3.97. The highest BCUT2D eigenvalue weighted by Gasteiger charge is 2.56. The van der Waals surface area contributed by atoms with Crippen molar-refractivity contribution in [3.63, 3.8) is 0 Å². The van der Waals surface area contributed by atoms with Gasteiger partial charge in [0.05, 0.1) is 0 Å². The van der Waals surface area contributed by atoms with Gasteiger partial charge in [-0.2, -0.15) is 4.98 Å². The fraction of sp³-hybridized carbons (Fsp3) is 0.471. The van der Waals surface area contributed by atoms with E-state index in [2.05, 4.69) is 31.4 Å². The standard InChI is InChI=1S/C17H18BrN3O2/c18-13-3-1-2-12(6-13)16-20-15(23-21-16)5-4-14(22)19-10-17-7-11(8-17)9-17/h1-3,6,11H,4-5,7-10H2,(H,19,22). The zero-order valence-electron chi connectivity index (χ0n) is 12.7. The van der Waals surface area contributed by atoms with Crippen molar-refractivity contribution in [2.24, 2.45) is 11.3 Å². The van der Waals surface area contributed by atoms with E-state index < -0.39 is 0 Å². The Balaban J connectivity index is 1.28. The minimum absolute atomic E-state index is 0.0666. The smallest absolute Gasteiger partial charge is 0.227 e. The number of aryl methyl sites for hydroxylation is 1. The van der Waals surface area contributed by atoms with Crippen LogP contribution in [0.3, 0.4) is 0 Å². The summed E-state index contributed by atoms with van der Waals surface area (Å²) in [6, 6.07) is 7.73. The molecule has 0 saturated heterocycles. The Labute approximate surface area is 143 Å². The lowest BCUT2D eigenvalue weighted by molar-refractivity contribution is -0.129. The van der Waals surface area contributed by atoms with Crippen LogP contribution in [-0.4, -0.2) is 22.6 Å². The molecule has 1 N–H and O–H groups in total. The van der Waals surface area contributed by atoms with Gasteiger partial charge in [0.15, 0.2) is 0 Å². The van der Waals surface area contributed by atoms with E-state index in [9.17, 15) is 4.79 Å². The molecule has 0 unspecified atom stereocenters. The van der Waals surface area contributed by atoms with Crippen molar-refractivity contribution in [1.82, 2.24) is 15.5 Å². The Morgan fingerprint density at radius 1 is 1.39 bits per heavy atom. The largest absolute Gasteiger partial charge is 0.356 e. The van der Waals surface area contributed by atoms with E-state index in [1.54, 1.807) is 0 Å². The summed E-state index contributed by atoms with van der Waals surface area (Å²) in [6.45, 7) is 0.829. The summed E-state index contributed by atoms with van der Waals surface area (Å²) < 4.78 is 6.21. The first-order chi connectivity index (χ1) is 11.1. The molecule has 3 aliphatic rings. The predicted octanol–water partition coefficient (Wildman–Crippen LogP) is 3.35. The molecule has 0 atom stereocenters.